The molecule has 1 aromatic carbocycles. The summed E-state index contributed by atoms with van der Waals surface area (Å²) in [5.74, 6) is 0.400. The number of esters is 1. The maximum absolute atomic E-state index is 11.4. The molecule has 0 radical (unpaired) electrons. The van der Waals surface area contributed by atoms with E-state index in [0.29, 0.717) is 12.2 Å². The quantitative estimate of drug-likeness (QED) is 0.556. The minimum atomic E-state index is -0.223. The van der Waals surface area contributed by atoms with Gasteiger partial charge in [-0.2, -0.15) is 0 Å². The molecule has 1 rings (SSSR count). The zero-order valence-corrected chi connectivity index (χ0v) is 9.19. The summed E-state index contributed by atoms with van der Waals surface area (Å²) in [4.78, 5) is 11.4. The van der Waals surface area contributed by atoms with Crippen molar-refractivity contribution in [3.05, 3.63) is 48.2 Å². The van der Waals surface area contributed by atoms with Crippen LogP contribution in [-0.2, 0) is 9.53 Å². The second-order valence-electron chi connectivity index (χ2n) is 3.69. The molecule has 0 amide bonds. The van der Waals surface area contributed by atoms with Gasteiger partial charge in [0.2, 0.25) is 0 Å². The largest absolute Gasteiger partial charge is 0.432 e. The number of ether oxygens (including phenoxy) is 1. The summed E-state index contributed by atoms with van der Waals surface area (Å²) in [6, 6.07) is 9.92. The smallest absolute Gasteiger partial charge is 0.311 e. The number of hydrogen-bond donors (Lipinski definition) is 0. The molecule has 2 heteroatoms. The zero-order valence-electron chi connectivity index (χ0n) is 9.19. The summed E-state index contributed by atoms with van der Waals surface area (Å²) < 4.78 is 4.91. The Morgan fingerprint density at radius 3 is 2.53 bits per heavy atom. The van der Waals surface area contributed by atoms with Gasteiger partial charge < -0.3 is 4.74 Å². The summed E-state index contributed by atoms with van der Waals surface area (Å²) in [6.45, 7) is 7.21. The Labute approximate surface area is 90.6 Å². The molecule has 0 aromatic heterocycles. The first-order valence-corrected chi connectivity index (χ1v) is 5.00. The average molecular weight is 204 g/mol. The molecule has 0 heterocycles. The topological polar surface area (TPSA) is 26.3 Å². The number of hydrogen-bond acceptors (Lipinski definition) is 2. The van der Waals surface area contributed by atoms with E-state index < -0.39 is 0 Å². The Balaban J connectivity index is 2.53. The Hall–Kier alpha value is -1.57. The van der Waals surface area contributed by atoms with Crippen LogP contribution in [0.3, 0.4) is 0 Å². The first kappa shape index (κ1) is 11.5. The third-order valence-corrected chi connectivity index (χ3v) is 2.13. The second kappa shape index (κ2) is 5.35. The third kappa shape index (κ3) is 3.98. The van der Waals surface area contributed by atoms with Crippen molar-refractivity contribution >= 4 is 5.97 Å². The van der Waals surface area contributed by atoms with Gasteiger partial charge in [0.1, 0.15) is 0 Å². The summed E-state index contributed by atoms with van der Waals surface area (Å²) in [5, 5.41) is 0. The lowest BCUT2D eigenvalue weighted by Gasteiger charge is -2.10. The average Bonchev–Trinajstić information content (AvgIpc) is 2.17. The van der Waals surface area contributed by atoms with Gasteiger partial charge in [-0.05, 0) is 18.4 Å². The van der Waals surface area contributed by atoms with E-state index in [1.165, 1.54) is 0 Å². The molecule has 0 bridgehead atoms. The highest BCUT2D eigenvalue weighted by Gasteiger charge is 2.11. The summed E-state index contributed by atoms with van der Waals surface area (Å²) in [5.41, 5.74) is 1.15. The van der Waals surface area contributed by atoms with Gasteiger partial charge in [-0.3, -0.25) is 4.79 Å². The van der Waals surface area contributed by atoms with E-state index in [-0.39, 0.29) is 11.9 Å². The van der Waals surface area contributed by atoms with Gasteiger partial charge in [0.15, 0.2) is 0 Å². The van der Waals surface area contributed by atoms with Gasteiger partial charge in [0.05, 0.1) is 12.2 Å². The van der Waals surface area contributed by atoms with Crippen molar-refractivity contribution < 1.29 is 9.53 Å². The highest BCUT2D eigenvalue weighted by Crippen LogP contribution is 2.19. The van der Waals surface area contributed by atoms with E-state index in [1.807, 2.05) is 37.3 Å². The predicted octanol–water partition coefficient (Wildman–Crippen LogP) is 3.26. The van der Waals surface area contributed by atoms with Gasteiger partial charge in [-0.15, -0.1) is 0 Å². The van der Waals surface area contributed by atoms with Crippen LogP contribution in [0.25, 0.3) is 0 Å². The van der Waals surface area contributed by atoms with Crippen LogP contribution in [0.4, 0.5) is 0 Å². The van der Waals surface area contributed by atoms with E-state index in [1.54, 1.807) is 6.92 Å². The van der Waals surface area contributed by atoms with Gasteiger partial charge in [0.25, 0.3) is 0 Å². The number of allylic oxidation sites excluding steroid dienone is 1. The molecule has 0 N–H and O–H groups in total. The van der Waals surface area contributed by atoms with E-state index in [0.717, 1.165) is 5.56 Å². The lowest BCUT2D eigenvalue weighted by molar-refractivity contribution is -0.139. The van der Waals surface area contributed by atoms with Crippen LogP contribution in [0.15, 0.2) is 42.7 Å². The Morgan fingerprint density at radius 2 is 2.00 bits per heavy atom. The van der Waals surface area contributed by atoms with Gasteiger partial charge in [0, 0.05) is 0 Å². The number of carbonyl (C=O) groups is 1. The maximum Gasteiger partial charge on any atom is 0.311 e. The fourth-order valence-corrected chi connectivity index (χ4v) is 1.39. The fourth-order valence-electron chi connectivity index (χ4n) is 1.39. The minimum Gasteiger partial charge on any atom is -0.432 e. The van der Waals surface area contributed by atoms with Crippen LogP contribution >= 0.6 is 0 Å². The van der Waals surface area contributed by atoms with E-state index in [9.17, 15) is 4.79 Å². The Morgan fingerprint density at radius 1 is 1.40 bits per heavy atom. The summed E-state index contributed by atoms with van der Waals surface area (Å²) in [7, 11) is 0. The van der Waals surface area contributed by atoms with Crippen molar-refractivity contribution in [3.63, 3.8) is 0 Å². The van der Waals surface area contributed by atoms with Gasteiger partial charge in [-0.25, -0.2) is 0 Å². The number of rotatable bonds is 4. The van der Waals surface area contributed by atoms with Crippen molar-refractivity contribution in [3.8, 4) is 0 Å². The van der Waals surface area contributed by atoms with Crippen molar-refractivity contribution in [2.24, 2.45) is 0 Å². The van der Waals surface area contributed by atoms with Crippen molar-refractivity contribution in [2.75, 3.05) is 0 Å². The molecular formula is C13H16O2. The van der Waals surface area contributed by atoms with Gasteiger partial charge in [-0.1, -0.05) is 43.8 Å². The van der Waals surface area contributed by atoms with E-state index in [2.05, 4.69) is 6.58 Å². The minimum absolute atomic E-state index is 0.179. The first-order chi connectivity index (χ1) is 7.09. The summed E-state index contributed by atoms with van der Waals surface area (Å²) in [6.07, 6.45) is 0.386. The zero-order chi connectivity index (χ0) is 11.3. The van der Waals surface area contributed by atoms with Crippen LogP contribution in [0.1, 0.15) is 31.7 Å². The molecule has 1 aromatic rings. The van der Waals surface area contributed by atoms with Crippen LogP contribution < -0.4 is 0 Å². The standard InChI is InChI=1S/C13H16O2/c1-10(2)15-13(14)9-11(3)12-7-5-4-6-8-12/h4-8,11H,1,9H2,2-3H3/t11-/m0/s1. The molecule has 0 aliphatic carbocycles. The second-order valence-corrected chi connectivity index (χ2v) is 3.69. The van der Waals surface area contributed by atoms with Crippen LogP contribution in [-0.4, -0.2) is 5.97 Å². The normalized spacial score (nSPS) is 11.9. The number of benzene rings is 1. The molecular weight excluding hydrogens is 188 g/mol. The van der Waals surface area contributed by atoms with Crippen LogP contribution in [0.2, 0.25) is 0 Å². The predicted molar refractivity (Wildman–Crippen MR) is 60.4 cm³/mol. The monoisotopic (exact) mass is 204 g/mol. The molecule has 2 nitrogen and oxygen atoms in total. The van der Waals surface area contributed by atoms with Gasteiger partial charge >= 0.3 is 5.97 Å². The molecule has 0 saturated heterocycles. The fraction of sp³-hybridized carbons (Fsp3) is 0.308. The molecule has 0 aliphatic rings. The van der Waals surface area contributed by atoms with E-state index >= 15 is 0 Å². The molecule has 0 spiro atoms. The maximum atomic E-state index is 11.4. The number of carbonyl (C=O) groups excluding carboxylic acids is 1. The van der Waals surface area contributed by atoms with Crippen LogP contribution in [0, 0.1) is 0 Å². The third-order valence-electron chi connectivity index (χ3n) is 2.13. The van der Waals surface area contributed by atoms with Crippen molar-refractivity contribution in [1.82, 2.24) is 0 Å². The molecule has 1 atom stereocenters. The Bertz CT molecular complexity index is 341. The molecule has 0 aliphatic heterocycles. The summed E-state index contributed by atoms with van der Waals surface area (Å²) >= 11 is 0. The molecule has 0 saturated carbocycles. The van der Waals surface area contributed by atoms with Crippen LogP contribution in [0.5, 0.6) is 0 Å². The molecule has 15 heavy (non-hydrogen) atoms. The molecule has 0 unspecified atom stereocenters. The SMILES string of the molecule is C=C(C)OC(=O)C[C@H](C)c1ccccc1. The lowest BCUT2D eigenvalue weighted by atomic mass is 9.98. The Kier molecular flexibility index (Phi) is 4.10. The van der Waals surface area contributed by atoms with Crippen molar-refractivity contribution in [2.45, 2.75) is 26.2 Å². The highest BCUT2D eigenvalue weighted by molar-refractivity contribution is 5.71. The van der Waals surface area contributed by atoms with E-state index in [4.69, 9.17) is 4.74 Å². The lowest BCUT2D eigenvalue weighted by Crippen LogP contribution is -2.07. The molecule has 80 valence electrons. The first-order valence-electron chi connectivity index (χ1n) is 5.00. The highest BCUT2D eigenvalue weighted by atomic mass is 16.5. The van der Waals surface area contributed by atoms with Crippen molar-refractivity contribution in [1.29, 1.82) is 0 Å². The molecule has 0 fully saturated rings.